The number of rotatable bonds is 6. The Morgan fingerprint density at radius 3 is 2.64 bits per heavy atom. The van der Waals surface area contributed by atoms with Gasteiger partial charge in [0.25, 0.3) is 0 Å². The Hall–Kier alpha value is -2.44. The molecule has 2 saturated heterocycles. The normalized spacial score (nSPS) is 20.3. The molecule has 0 saturated carbocycles. The minimum atomic E-state index is -0.0409. The van der Waals surface area contributed by atoms with Crippen LogP contribution in [0.2, 0.25) is 0 Å². The van der Waals surface area contributed by atoms with Crippen LogP contribution >= 0.6 is 0 Å². The number of aromatic nitrogens is 1. The highest BCUT2D eigenvalue weighted by Gasteiger charge is 2.30. The van der Waals surface area contributed by atoms with Crippen LogP contribution in [-0.2, 0) is 22.6 Å². The predicted octanol–water partition coefficient (Wildman–Crippen LogP) is 2.20. The molecule has 1 atom stereocenters. The number of amides is 1. The van der Waals surface area contributed by atoms with Crippen molar-refractivity contribution in [2.75, 3.05) is 37.7 Å². The van der Waals surface area contributed by atoms with E-state index in [0.717, 1.165) is 63.6 Å². The molecule has 1 N–H and O–H groups in total. The molecule has 1 aromatic carbocycles. The van der Waals surface area contributed by atoms with Gasteiger partial charge in [-0.05, 0) is 36.6 Å². The molecule has 1 aromatic heterocycles. The van der Waals surface area contributed by atoms with Crippen LogP contribution in [0.5, 0.6) is 0 Å². The van der Waals surface area contributed by atoms with Gasteiger partial charge in [0.15, 0.2) is 0 Å². The van der Waals surface area contributed by atoms with E-state index in [1.807, 2.05) is 30.5 Å². The van der Waals surface area contributed by atoms with Gasteiger partial charge in [0.05, 0.1) is 19.3 Å². The second kappa shape index (κ2) is 9.17. The number of nitrogens with one attached hydrogen (secondary N) is 1. The van der Waals surface area contributed by atoms with Crippen molar-refractivity contribution in [1.29, 1.82) is 0 Å². The largest absolute Gasteiger partial charge is 0.378 e. The SMILES string of the molecule is O=C(NCc1ccc(N2CCOCC2)nc1)[C@@H]1CCCN1Cc1ccccc1. The topological polar surface area (TPSA) is 57.7 Å². The van der Waals surface area contributed by atoms with E-state index in [4.69, 9.17) is 4.74 Å². The number of pyridine rings is 1. The molecule has 2 aliphatic rings. The number of ether oxygens (including phenoxy) is 1. The molecule has 28 heavy (non-hydrogen) atoms. The first kappa shape index (κ1) is 18.9. The lowest BCUT2D eigenvalue weighted by Crippen LogP contribution is -2.42. The second-order valence-corrected chi connectivity index (χ2v) is 7.46. The molecule has 0 radical (unpaired) electrons. The van der Waals surface area contributed by atoms with Crippen molar-refractivity contribution >= 4 is 11.7 Å². The standard InChI is InChI=1S/C22H28N4O2/c27-22(20-7-4-10-26(20)17-18-5-2-1-3-6-18)24-16-19-8-9-21(23-15-19)25-11-13-28-14-12-25/h1-3,5-6,8-9,15,20H,4,7,10-14,16-17H2,(H,24,27)/t20-/m0/s1. The van der Waals surface area contributed by atoms with Crippen LogP contribution in [0.4, 0.5) is 5.82 Å². The summed E-state index contributed by atoms with van der Waals surface area (Å²) >= 11 is 0. The molecule has 0 spiro atoms. The van der Waals surface area contributed by atoms with Crippen LogP contribution < -0.4 is 10.2 Å². The third-order valence-corrected chi connectivity index (χ3v) is 5.51. The van der Waals surface area contributed by atoms with E-state index in [-0.39, 0.29) is 11.9 Å². The lowest BCUT2D eigenvalue weighted by Gasteiger charge is -2.27. The molecule has 6 nitrogen and oxygen atoms in total. The maximum Gasteiger partial charge on any atom is 0.237 e. The first-order valence-corrected chi connectivity index (χ1v) is 10.1. The minimum Gasteiger partial charge on any atom is -0.378 e. The van der Waals surface area contributed by atoms with Crippen molar-refractivity contribution in [3.63, 3.8) is 0 Å². The molecular weight excluding hydrogens is 352 g/mol. The summed E-state index contributed by atoms with van der Waals surface area (Å²) < 4.78 is 5.38. The van der Waals surface area contributed by atoms with Crippen molar-refractivity contribution in [3.8, 4) is 0 Å². The Balaban J connectivity index is 1.29. The summed E-state index contributed by atoms with van der Waals surface area (Å²) in [5.41, 5.74) is 2.28. The van der Waals surface area contributed by atoms with Gasteiger partial charge in [0.1, 0.15) is 5.82 Å². The third kappa shape index (κ3) is 4.69. The molecule has 0 aliphatic carbocycles. The number of hydrogen-bond acceptors (Lipinski definition) is 5. The first-order chi connectivity index (χ1) is 13.8. The van der Waals surface area contributed by atoms with Crippen molar-refractivity contribution in [3.05, 3.63) is 59.8 Å². The smallest absolute Gasteiger partial charge is 0.237 e. The monoisotopic (exact) mass is 380 g/mol. The first-order valence-electron chi connectivity index (χ1n) is 10.1. The van der Waals surface area contributed by atoms with Crippen molar-refractivity contribution in [1.82, 2.24) is 15.2 Å². The molecule has 1 amide bonds. The van der Waals surface area contributed by atoms with Crippen LogP contribution in [0.1, 0.15) is 24.0 Å². The second-order valence-electron chi connectivity index (χ2n) is 7.46. The van der Waals surface area contributed by atoms with Crippen molar-refractivity contribution < 1.29 is 9.53 Å². The Morgan fingerprint density at radius 1 is 1.07 bits per heavy atom. The fourth-order valence-electron chi connectivity index (χ4n) is 3.94. The molecule has 2 aliphatic heterocycles. The lowest BCUT2D eigenvalue weighted by molar-refractivity contribution is -0.125. The number of benzene rings is 1. The number of morpholine rings is 1. The highest BCUT2D eigenvalue weighted by Crippen LogP contribution is 2.20. The van der Waals surface area contributed by atoms with Gasteiger partial charge in [-0.25, -0.2) is 4.98 Å². The molecule has 6 heteroatoms. The van der Waals surface area contributed by atoms with Crippen molar-refractivity contribution in [2.45, 2.75) is 32.0 Å². The Labute approximate surface area is 166 Å². The van der Waals surface area contributed by atoms with E-state index < -0.39 is 0 Å². The average Bonchev–Trinajstić information content (AvgIpc) is 3.22. The summed E-state index contributed by atoms with van der Waals surface area (Å²) in [5, 5.41) is 3.10. The van der Waals surface area contributed by atoms with E-state index >= 15 is 0 Å². The summed E-state index contributed by atoms with van der Waals surface area (Å²) in [6.07, 6.45) is 3.86. The quantitative estimate of drug-likeness (QED) is 0.833. The van der Waals surface area contributed by atoms with E-state index in [0.29, 0.717) is 6.54 Å². The number of carbonyl (C=O) groups excluding carboxylic acids is 1. The molecule has 0 unspecified atom stereocenters. The Morgan fingerprint density at radius 2 is 1.89 bits per heavy atom. The third-order valence-electron chi connectivity index (χ3n) is 5.51. The van der Waals surface area contributed by atoms with Gasteiger partial charge < -0.3 is 15.0 Å². The fraction of sp³-hybridized carbons (Fsp3) is 0.455. The zero-order valence-electron chi connectivity index (χ0n) is 16.2. The van der Waals surface area contributed by atoms with Gasteiger partial charge in [-0.15, -0.1) is 0 Å². The van der Waals surface area contributed by atoms with Crippen LogP contribution in [0.25, 0.3) is 0 Å². The van der Waals surface area contributed by atoms with E-state index in [1.54, 1.807) is 0 Å². The predicted molar refractivity (Wildman–Crippen MR) is 109 cm³/mol. The maximum atomic E-state index is 12.7. The highest BCUT2D eigenvalue weighted by atomic mass is 16.5. The van der Waals surface area contributed by atoms with Crippen LogP contribution in [-0.4, -0.2) is 54.7 Å². The minimum absolute atomic E-state index is 0.0409. The number of nitrogens with zero attached hydrogens (tertiary/aromatic N) is 3. The van der Waals surface area contributed by atoms with Gasteiger partial charge in [0.2, 0.25) is 5.91 Å². The summed E-state index contributed by atoms with van der Waals surface area (Å²) in [7, 11) is 0. The van der Waals surface area contributed by atoms with Crippen LogP contribution in [0.15, 0.2) is 48.7 Å². The zero-order valence-corrected chi connectivity index (χ0v) is 16.2. The van der Waals surface area contributed by atoms with Crippen LogP contribution in [0.3, 0.4) is 0 Å². The average molecular weight is 380 g/mol. The lowest BCUT2D eigenvalue weighted by atomic mass is 10.1. The molecule has 148 valence electrons. The Kier molecular flexibility index (Phi) is 6.19. The number of carbonyl (C=O) groups is 1. The summed E-state index contributed by atoms with van der Waals surface area (Å²) in [6, 6.07) is 14.4. The van der Waals surface area contributed by atoms with E-state index in [9.17, 15) is 4.79 Å². The van der Waals surface area contributed by atoms with Crippen molar-refractivity contribution in [2.24, 2.45) is 0 Å². The molecule has 2 aromatic rings. The molecule has 4 rings (SSSR count). The number of anilines is 1. The van der Waals surface area contributed by atoms with Gasteiger partial charge >= 0.3 is 0 Å². The summed E-state index contributed by atoms with van der Waals surface area (Å²) in [6.45, 7) is 5.58. The van der Waals surface area contributed by atoms with Crippen LogP contribution in [0, 0.1) is 0 Å². The maximum absolute atomic E-state index is 12.7. The van der Waals surface area contributed by atoms with Gasteiger partial charge in [-0.3, -0.25) is 9.69 Å². The van der Waals surface area contributed by atoms with E-state index in [2.05, 4.69) is 38.3 Å². The molecular formula is C22H28N4O2. The Bertz CT molecular complexity index is 760. The number of likely N-dealkylation sites (tertiary alicyclic amines) is 1. The van der Waals surface area contributed by atoms with E-state index in [1.165, 1.54) is 5.56 Å². The molecule has 2 fully saturated rings. The van der Waals surface area contributed by atoms with Gasteiger partial charge in [-0.1, -0.05) is 36.4 Å². The van der Waals surface area contributed by atoms with Gasteiger partial charge in [0, 0.05) is 32.4 Å². The zero-order chi connectivity index (χ0) is 19.2. The summed E-state index contributed by atoms with van der Waals surface area (Å²) in [4.78, 5) is 21.8. The number of hydrogen-bond donors (Lipinski definition) is 1. The molecule has 3 heterocycles. The summed E-state index contributed by atoms with van der Waals surface area (Å²) in [5.74, 6) is 1.09. The fourth-order valence-corrected chi connectivity index (χ4v) is 3.94. The highest BCUT2D eigenvalue weighted by molar-refractivity contribution is 5.82. The molecule has 0 bridgehead atoms. The van der Waals surface area contributed by atoms with Gasteiger partial charge in [-0.2, -0.15) is 0 Å².